The molecule has 21 heavy (non-hydrogen) atoms. The van der Waals surface area contributed by atoms with Gasteiger partial charge in [0.2, 0.25) is 0 Å². The van der Waals surface area contributed by atoms with Crippen LogP contribution in [0.2, 0.25) is 0 Å². The number of nitrogens with zero attached hydrogens (tertiary/aromatic N) is 1. The average molecular weight is 290 g/mol. The summed E-state index contributed by atoms with van der Waals surface area (Å²) < 4.78 is 0. The molecule has 3 N–H and O–H groups in total. The number of nitrogens with one attached hydrogen (secondary N) is 1. The normalized spacial score (nSPS) is 19.6. The fourth-order valence-corrected chi connectivity index (χ4v) is 2.60. The first-order chi connectivity index (χ1) is 10.1. The molecule has 0 aromatic heterocycles. The molecule has 6 heteroatoms. The summed E-state index contributed by atoms with van der Waals surface area (Å²) in [6.45, 7) is 0. The molecule has 1 amide bonds. The Morgan fingerprint density at radius 2 is 1.81 bits per heavy atom. The van der Waals surface area contributed by atoms with E-state index in [9.17, 15) is 14.7 Å². The van der Waals surface area contributed by atoms with Crippen LogP contribution in [0, 0.1) is 5.92 Å². The first-order valence-corrected chi connectivity index (χ1v) is 6.90. The second kappa shape index (κ2) is 6.88. The van der Waals surface area contributed by atoms with E-state index in [4.69, 9.17) is 5.21 Å². The molecule has 1 fully saturated rings. The average Bonchev–Trinajstić information content (AvgIpc) is 2.53. The Hall–Kier alpha value is -2.37. The van der Waals surface area contributed by atoms with Crippen molar-refractivity contribution in [2.24, 2.45) is 11.1 Å². The summed E-state index contributed by atoms with van der Waals surface area (Å²) in [5, 5.41) is 23.8. The van der Waals surface area contributed by atoms with Crippen LogP contribution in [0.25, 0.3) is 0 Å². The molecule has 112 valence electrons. The second-order valence-corrected chi connectivity index (χ2v) is 5.16. The lowest BCUT2D eigenvalue weighted by Gasteiger charge is -2.28. The van der Waals surface area contributed by atoms with Crippen molar-refractivity contribution in [2.75, 3.05) is 0 Å². The molecule has 1 atom stereocenters. The molecule has 6 nitrogen and oxygen atoms in total. The van der Waals surface area contributed by atoms with Crippen molar-refractivity contribution in [2.45, 2.75) is 31.7 Å². The third kappa shape index (κ3) is 3.81. The third-order valence-electron chi connectivity index (χ3n) is 3.81. The Labute approximate surface area is 122 Å². The molecule has 1 saturated carbocycles. The summed E-state index contributed by atoms with van der Waals surface area (Å²) in [6, 6.07) is 7.63. The number of carbonyl (C=O) groups is 2. The lowest BCUT2D eigenvalue weighted by molar-refractivity contribution is -0.140. The molecular weight excluding hydrogens is 272 g/mol. The van der Waals surface area contributed by atoms with Crippen LogP contribution in [0.3, 0.4) is 0 Å². The summed E-state index contributed by atoms with van der Waals surface area (Å²) >= 11 is 0. The largest absolute Gasteiger partial charge is 0.480 e. The fourth-order valence-electron chi connectivity index (χ4n) is 2.60. The summed E-state index contributed by atoms with van der Waals surface area (Å²) in [4.78, 5) is 23.5. The molecule has 0 spiro atoms. The van der Waals surface area contributed by atoms with Gasteiger partial charge >= 0.3 is 5.97 Å². The van der Waals surface area contributed by atoms with Gasteiger partial charge in [0, 0.05) is 5.56 Å². The van der Waals surface area contributed by atoms with Gasteiger partial charge in [-0.05, 0) is 43.7 Å². The van der Waals surface area contributed by atoms with Crippen molar-refractivity contribution in [3.8, 4) is 0 Å². The highest BCUT2D eigenvalue weighted by molar-refractivity contribution is 5.96. The zero-order valence-corrected chi connectivity index (χ0v) is 11.5. The van der Waals surface area contributed by atoms with E-state index in [-0.39, 0.29) is 11.8 Å². The van der Waals surface area contributed by atoms with E-state index in [0.29, 0.717) is 37.0 Å². The molecule has 2 rings (SSSR count). The Morgan fingerprint density at radius 3 is 2.33 bits per heavy atom. The monoisotopic (exact) mass is 290 g/mol. The topological polar surface area (TPSA) is 99.0 Å². The van der Waals surface area contributed by atoms with Gasteiger partial charge < -0.3 is 15.6 Å². The summed E-state index contributed by atoms with van der Waals surface area (Å²) in [5.41, 5.74) is 1.13. The van der Waals surface area contributed by atoms with Gasteiger partial charge in [0.25, 0.3) is 5.91 Å². The van der Waals surface area contributed by atoms with Gasteiger partial charge in [-0.25, -0.2) is 4.79 Å². The van der Waals surface area contributed by atoms with Crippen molar-refractivity contribution in [3.63, 3.8) is 0 Å². The lowest BCUT2D eigenvalue weighted by Crippen LogP contribution is -2.47. The molecule has 1 aliphatic rings. The van der Waals surface area contributed by atoms with E-state index in [1.54, 1.807) is 30.3 Å². The maximum absolute atomic E-state index is 12.1. The quantitative estimate of drug-likeness (QED) is 0.582. The Morgan fingerprint density at radius 1 is 1.19 bits per heavy atom. The first-order valence-electron chi connectivity index (χ1n) is 6.90. The van der Waals surface area contributed by atoms with Crippen molar-refractivity contribution < 1.29 is 19.9 Å². The maximum Gasteiger partial charge on any atom is 0.326 e. The van der Waals surface area contributed by atoms with Crippen LogP contribution in [0.15, 0.2) is 35.5 Å². The number of amides is 1. The summed E-state index contributed by atoms with van der Waals surface area (Å²) in [5.74, 6) is -1.57. The number of hydrogen-bond donors (Lipinski definition) is 3. The molecule has 0 aliphatic heterocycles. The van der Waals surface area contributed by atoms with Crippen molar-refractivity contribution in [1.82, 2.24) is 5.32 Å². The van der Waals surface area contributed by atoms with E-state index in [2.05, 4.69) is 10.5 Å². The molecule has 1 aliphatic carbocycles. The Balaban J connectivity index is 2.03. The van der Waals surface area contributed by atoms with Crippen LogP contribution >= 0.6 is 0 Å². The Bertz CT molecular complexity index is 532. The molecule has 0 radical (unpaired) electrons. The first kappa shape index (κ1) is 15.0. The number of carboxylic acid groups (broad SMARTS) is 1. The minimum atomic E-state index is -1.03. The van der Waals surface area contributed by atoms with Crippen LogP contribution < -0.4 is 5.32 Å². The number of oxime groups is 1. The predicted octanol–water partition coefficient (Wildman–Crippen LogP) is 1.89. The smallest absolute Gasteiger partial charge is 0.326 e. The molecule has 0 bridgehead atoms. The van der Waals surface area contributed by atoms with Gasteiger partial charge in [0.05, 0.1) is 5.71 Å². The zero-order chi connectivity index (χ0) is 15.2. The molecule has 0 unspecified atom stereocenters. The van der Waals surface area contributed by atoms with Crippen molar-refractivity contribution in [3.05, 3.63) is 35.9 Å². The highest BCUT2D eigenvalue weighted by Crippen LogP contribution is 2.25. The van der Waals surface area contributed by atoms with Gasteiger partial charge in [-0.1, -0.05) is 23.4 Å². The lowest BCUT2D eigenvalue weighted by atomic mass is 9.83. The standard InChI is InChI=1S/C15H18N2O4/c18-14(11-4-2-1-3-5-11)16-13(15(19)20)10-6-8-12(17-21)9-7-10/h1-5,10,13,21H,6-9H2,(H,16,18)(H,19,20)/t10?,13-/m1/s1. The number of rotatable bonds is 4. The summed E-state index contributed by atoms with van der Waals surface area (Å²) in [6.07, 6.45) is 2.30. The highest BCUT2D eigenvalue weighted by Gasteiger charge is 2.32. The number of aliphatic carboxylic acids is 1. The molecule has 1 aromatic rings. The Kier molecular flexibility index (Phi) is 4.92. The highest BCUT2D eigenvalue weighted by atomic mass is 16.4. The van der Waals surface area contributed by atoms with Crippen molar-refractivity contribution >= 4 is 17.6 Å². The van der Waals surface area contributed by atoms with Crippen LogP contribution in [0.5, 0.6) is 0 Å². The minimum absolute atomic E-state index is 0.152. The number of carboxylic acids is 1. The fraction of sp³-hybridized carbons (Fsp3) is 0.400. The second-order valence-electron chi connectivity index (χ2n) is 5.16. The van der Waals surface area contributed by atoms with Gasteiger partial charge in [-0.15, -0.1) is 0 Å². The molecule has 1 aromatic carbocycles. The molecule has 0 saturated heterocycles. The van der Waals surface area contributed by atoms with E-state index >= 15 is 0 Å². The van der Waals surface area contributed by atoms with Crippen molar-refractivity contribution in [1.29, 1.82) is 0 Å². The maximum atomic E-state index is 12.1. The van der Waals surface area contributed by atoms with Gasteiger partial charge in [-0.3, -0.25) is 4.79 Å². The van der Waals surface area contributed by atoms with Gasteiger partial charge in [0.15, 0.2) is 0 Å². The molecular formula is C15H18N2O4. The number of hydrogen-bond acceptors (Lipinski definition) is 4. The SMILES string of the molecule is O=C(N[C@@H](C(=O)O)C1CCC(=NO)CC1)c1ccccc1. The predicted molar refractivity (Wildman–Crippen MR) is 76.5 cm³/mol. The summed E-state index contributed by atoms with van der Waals surface area (Å²) in [7, 11) is 0. The number of carbonyl (C=O) groups excluding carboxylic acids is 1. The van der Waals surface area contributed by atoms with Crippen LogP contribution in [-0.2, 0) is 4.79 Å². The van der Waals surface area contributed by atoms with E-state index in [1.165, 1.54) is 0 Å². The van der Waals surface area contributed by atoms with Crippen LogP contribution in [-0.4, -0.2) is 33.9 Å². The van der Waals surface area contributed by atoms with E-state index in [1.807, 2.05) is 0 Å². The van der Waals surface area contributed by atoms with Gasteiger partial charge in [-0.2, -0.15) is 0 Å². The van der Waals surface area contributed by atoms with E-state index < -0.39 is 12.0 Å². The van der Waals surface area contributed by atoms with Gasteiger partial charge in [0.1, 0.15) is 6.04 Å². The minimum Gasteiger partial charge on any atom is -0.480 e. The number of benzene rings is 1. The zero-order valence-electron chi connectivity index (χ0n) is 11.5. The van der Waals surface area contributed by atoms with Crippen LogP contribution in [0.4, 0.5) is 0 Å². The third-order valence-corrected chi connectivity index (χ3v) is 3.81. The molecule has 0 heterocycles. The van der Waals surface area contributed by atoms with Crippen LogP contribution in [0.1, 0.15) is 36.0 Å². The van der Waals surface area contributed by atoms with E-state index in [0.717, 1.165) is 0 Å².